The van der Waals surface area contributed by atoms with Crippen LogP contribution in [0.2, 0.25) is 0 Å². The first-order valence-electron chi connectivity index (χ1n) is 38.4. The first kappa shape index (κ1) is 102. The van der Waals surface area contributed by atoms with Gasteiger partial charge in [-0.15, -0.1) is 23.5 Å². The molecule has 14 atom stereocenters. The van der Waals surface area contributed by atoms with Gasteiger partial charge in [-0.25, -0.2) is 0 Å². The second-order valence-electron chi connectivity index (χ2n) is 30.0. The van der Waals surface area contributed by atoms with Crippen LogP contribution in [0.15, 0.2) is 0 Å². The molecule has 0 aromatic carbocycles. The zero-order valence-electron chi connectivity index (χ0n) is 64.7. The summed E-state index contributed by atoms with van der Waals surface area (Å²) in [5.41, 5.74) is 1.13. The van der Waals surface area contributed by atoms with Crippen LogP contribution in [0, 0.1) is 0 Å². The van der Waals surface area contributed by atoms with Crippen LogP contribution < -0.4 is 75.3 Å². The van der Waals surface area contributed by atoms with Gasteiger partial charge in [0.1, 0.15) is 96.2 Å². The molecule has 0 saturated heterocycles. The van der Waals surface area contributed by atoms with Gasteiger partial charge < -0.3 is 167 Å². The molecule has 0 aromatic rings. The number of nitrogens with two attached hydrogens (primary N) is 2. The number of nitrogens with one attached hydrogen (secondary N) is 12. The monoisotopic (exact) mass is 1730 g/mol. The Hall–Kier alpha value is -7.93. The van der Waals surface area contributed by atoms with Crippen molar-refractivity contribution in [2.75, 3.05) is 68.8 Å². The van der Waals surface area contributed by atoms with Crippen molar-refractivity contribution in [3.05, 3.63) is 0 Å². The Morgan fingerprint density at radius 3 is 0.924 bits per heavy atom. The Balaban J connectivity index is 1.49. The molecule has 4 aliphatic rings. The number of aliphatic hydroxyl groups excluding tert-OH is 12. The van der Waals surface area contributed by atoms with Gasteiger partial charge in [0.15, 0.2) is 0 Å². The fraction of sp³-hybridized carbons (Fsp3) is 0.783. The molecule has 0 radical (unpaired) electrons. The molecule has 4 aliphatic carbocycles. The van der Waals surface area contributed by atoms with Gasteiger partial charge in [0.2, 0.25) is 53.2 Å². The van der Waals surface area contributed by atoms with Gasteiger partial charge in [-0.1, -0.05) is 0 Å². The number of thioether (sulfide) groups is 2. The van der Waals surface area contributed by atoms with Gasteiger partial charge >= 0.3 is 11.9 Å². The van der Waals surface area contributed by atoms with E-state index in [0.29, 0.717) is 24.6 Å². The summed E-state index contributed by atoms with van der Waals surface area (Å²) >= 11 is 1.38. The molecule has 0 bridgehead atoms. The number of carbonyl (C=O) groups is 15. The number of aliphatic hydroxyl groups is 16. The molecule has 34 N–H and O–H groups in total. The van der Waals surface area contributed by atoms with E-state index in [1.807, 2.05) is 0 Å². The summed E-state index contributed by atoms with van der Waals surface area (Å²) in [5.74, 6) is -18.5. The Bertz CT molecular complexity index is 3370. The maximum atomic E-state index is 14.3. The van der Waals surface area contributed by atoms with E-state index in [-0.39, 0.29) is 103 Å². The quantitative estimate of drug-likeness (QED) is 0.0252. The first-order chi connectivity index (χ1) is 55.3. The molecule has 4 fully saturated rings. The lowest BCUT2D eigenvalue weighted by Crippen LogP contribution is -2.62. The van der Waals surface area contributed by atoms with Crippen LogP contribution >= 0.6 is 23.5 Å². The lowest BCUT2D eigenvalue weighted by Gasteiger charge is -2.39. The van der Waals surface area contributed by atoms with Crippen LogP contribution in [0.25, 0.3) is 0 Å². The van der Waals surface area contributed by atoms with Crippen molar-refractivity contribution in [2.45, 2.75) is 267 Å². The number of carboxylic acids is 2. The number of hydrogen-bond acceptors (Lipinski definition) is 34. The molecular formula is C69H116N14O33S2. The number of carbonyl (C=O) groups excluding carboxylic acids is 13. The number of primary amides is 1. The van der Waals surface area contributed by atoms with Crippen molar-refractivity contribution >= 4 is 112 Å². The molecule has 672 valence electrons. The molecule has 47 nitrogen and oxygen atoms in total. The van der Waals surface area contributed by atoms with E-state index in [0.717, 1.165) is 11.8 Å². The summed E-state index contributed by atoms with van der Waals surface area (Å²) in [6, 6.07) is -9.63. The molecular weight excluding hydrogens is 1620 g/mol. The highest BCUT2D eigenvalue weighted by Crippen LogP contribution is 2.34. The van der Waals surface area contributed by atoms with Gasteiger partial charge in [-0.2, -0.15) is 0 Å². The van der Waals surface area contributed by atoms with Crippen molar-refractivity contribution in [1.29, 1.82) is 0 Å². The summed E-state index contributed by atoms with van der Waals surface area (Å²) in [6.45, 7) is -2.59. The normalized spacial score (nSPS) is 28.3. The molecule has 0 heterocycles. The number of aliphatic carboxylic acids is 2. The predicted molar refractivity (Wildman–Crippen MR) is 407 cm³/mol. The SMILES string of the molecule is NCCCC[C@H](NC(=O)[C@H](CCCCNC(=O)CSC[C@H](NC(=O)[C@H](CCCCNC(=O)C1(O)C[C@@H](O)C(O)[C@H](O)C1)NC(=O)C1(O)C[C@@H](O)C(O)[C@H](O)C1)C(=O)NCC(=O)O)NC(=O)CSC[C@H](NC(=O)[C@H](CCCCNC(=O)C1(O)C[C@@H](O)C(O)[C@H](O)C1)NC(=O)C1(O)C[C@@H](O)C(O)[C@H](O)C1)C(=O)NCC(=O)O)C(=O)NCCC(N)=O. The first-order valence-corrected chi connectivity index (χ1v) is 40.7. The average Bonchev–Trinajstić information content (AvgIpc) is 0.815. The van der Waals surface area contributed by atoms with Gasteiger partial charge in [0.25, 0.3) is 23.6 Å². The van der Waals surface area contributed by atoms with Crippen LogP contribution in [0.1, 0.15) is 135 Å². The van der Waals surface area contributed by atoms with Gasteiger partial charge in [0.05, 0.1) is 60.3 Å². The highest BCUT2D eigenvalue weighted by molar-refractivity contribution is 8.00. The maximum absolute atomic E-state index is 14.3. The van der Waals surface area contributed by atoms with Crippen LogP contribution in [-0.4, -0.2) is 381 Å². The summed E-state index contributed by atoms with van der Waals surface area (Å²) in [6.07, 6.45) is -27.3. The van der Waals surface area contributed by atoms with E-state index >= 15 is 0 Å². The van der Waals surface area contributed by atoms with Crippen molar-refractivity contribution in [3.63, 3.8) is 0 Å². The topological polar surface area (TPSA) is 817 Å². The van der Waals surface area contributed by atoms with Crippen molar-refractivity contribution in [2.24, 2.45) is 11.5 Å². The zero-order valence-corrected chi connectivity index (χ0v) is 66.3. The second kappa shape index (κ2) is 49.1. The van der Waals surface area contributed by atoms with Crippen LogP contribution in [0.5, 0.6) is 0 Å². The van der Waals surface area contributed by atoms with Crippen LogP contribution in [0.3, 0.4) is 0 Å². The van der Waals surface area contributed by atoms with Gasteiger partial charge in [0, 0.05) is 95.5 Å². The molecule has 13 amide bonds. The van der Waals surface area contributed by atoms with Crippen molar-refractivity contribution in [1.82, 2.24) is 63.8 Å². The predicted octanol–water partition coefficient (Wildman–Crippen LogP) is -14.8. The number of carboxylic acid groups (broad SMARTS) is 2. The molecule has 0 aromatic heterocycles. The van der Waals surface area contributed by atoms with Crippen LogP contribution in [0.4, 0.5) is 0 Å². The van der Waals surface area contributed by atoms with Gasteiger partial charge in [-0.05, 0) is 83.6 Å². The Labute approximate surface area is 684 Å². The summed E-state index contributed by atoms with van der Waals surface area (Å²) in [4.78, 5) is 199. The minimum absolute atomic E-state index is 0.00437. The molecule has 0 aliphatic heterocycles. The smallest absolute Gasteiger partial charge is 0.322 e. The Morgan fingerprint density at radius 1 is 0.322 bits per heavy atom. The number of rotatable bonds is 50. The van der Waals surface area contributed by atoms with Crippen molar-refractivity contribution in [3.8, 4) is 0 Å². The van der Waals surface area contributed by atoms with E-state index in [9.17, 15) is 164 Å². The molecule has 49 heteroatoms. The molecule has 118 heavy (non-hydrogen) atoms. The summed E-state index contributed by atoms with van der Waals surface area (Å²) < 4.78 is 0. The highest BCUT2D eigenvalue weighted by atomic mass is 32.2. The number of unbranched alkanes of at least 4 members (excludes halogenated alkanes) is 4. The fourth-order valence-electron chi connectivity index (χ4n) is 13.4. The third kappa shape index (κ3) is 33.2. The van der Waals surface area contributed by atoms with E-state index in [1.165, 1.54) is 0 Å². The number of amides is 13. The third-order valence-electron chi connectivity index (χ3n) is 20.1. The second-order valence-corrected chi connectivity index (χ2v) is 32.1. The van der Waals surface area contributed by atoms with E-state index in [2.05, 4.69) is 63.8 Å². The van der Waals surface area contributed by atoms with Gasteiger partial charge in [-0.3, -0.25) is 71.9 Å². The zero-order chi connectivity index (χ0) is 88.6. The summed E-state index contributed by atoms with van der Waals surface area (Å²) in [7, 11) is 0. The molecule has 0 spiro atoms. The van der Waals surface area contributed by atoms with E-state index < -0.39 is 308 Å². The summed E-state index contributed by atoms with van der Waals surface area (Å²) in [5, 5.41) is 214. The Morgan fingerprint density at radius 2 is 0.602 bits per heavy atom. The minimum Gasteiger partial charge on any atom is -0.480 e. The van der Waals surface area contributed by atoms with Crippen LogP contribution in [-0.2, 0) is 71.9 Å². The minimum atomic E-state index is -2.61. The molecule has 0 unspecified atom stereocenters. The molecule has 4 rings (SSSR count). The fourth-order valence-corrected chi connectivity index (χ4v) is 15.1. The third-order valence-corrected chi connectivity index (χ3v) is 22.2. The highest BCUT2D eigenvalue weighted by Gasteiger charge is 2.53. The lowest BCUT2D eigenvalue weighted by atomic mass is 9.79. The number of hydrogen-bond donors (Lipinski definition) is 32. The maximum Gasteiger partial charge on any atom is 0.322 e. The van der Waals surface area contributed by atoms with Crippen molar-refractivity contribution < 1.29 is 164 Å². The average molecular weight is 1730 g/mol. The lowest BCUT2D eigenvalue weighted by molar-refractivity contribution is -0.173. The standard InChI is InChI=1S/C69H116N14O33S2/c70-14-5-1-9-33(56(103)73-18-13-47(71)92)79-59(106)34(78-49(94)32-118-30-38(58(105)77-28-51(97)98)81-61(108)36(83-65(112)69(116)25-45(90)55(102)46(91)26-69)12-4-8-17-75-63(110)67(114)21-41(86)53(100)42(87)22-67)10-2-6-15-72-48(93)31-117-29-37(57(104)76-27-50(95)96)80-60(107)35(82-64(111)68(115)23-43(88)54(101)44(89)24-68)11-3-7-16-74-62(109)66(113)19-39(84)52(99)40(85)20-66/h33-46,52-55,84-91,99-102,113-116H,1-32,70H2,(H2,71,92)(H,72,93)(H,73,103)(H,74,109)(H,75,110)(H,76,104)(H,77,105)(H,78,94)(H,79,106)(H,80,107)(H,81,108)(H,82,111)(H,83,112)(H,95,96)(H,97,98)/t33-,34-,35-,36-,37-,38-,39+,40+,41+,42+,43+,44+,45+,46+,52?,53?,54?,55?,66?,67?,68?,69?/m0/s1. The molecule has 4 saturated carbocycles. The van der Waals surface area contributed by atoms with E-state index in [1.54, 1.807) is 0 Å². The van der Waals surface area contributed by atoms with E-state index in [4.69, 9.17) is 11.5 Å². The Kier molecular flexibility index (Phi) is 42.6. The largest absolute Gasteiger partial charge is 0.480 e.